The molecule has 2 atom stereocenters. The van der Waals surface area contributed by atoms with Gasteiger partial charge in [0.05, 0.1) is 0 Å². The largest absolute Gasteiger partial charge is 0.0654 e. The summed E-state index contributed by atoms with van der Waals surface area (Å²) in [5.74, 6) is 4.25. The van der Waals surface area contributed by atoms with Crippen LogP contribution in [0.5, 0.6) is 0 Å². The van der Waals surface area contributed by atoms with Crippen molar-refractivity contribution in [2.45, 2.75) is 142 Å². The third kappa shape index (κ3) is 8.79. The Balaban J connectivity index is 1.82. The highest BCUT2D eigenvalue weighted by atomic mass is 14.3. The predicted molar refractivity (Wildman–Crippen MR) is 118 cm³/mol. The van der Waals surface area contributed by atoms with Gasteiger partial charge >= 0.3 is 0 Å². The van der Waals surface area contributed by atoms with Crippen molar-refractivity contribution in [3.63, 3.8) is 0 Å². The van der Waals surface area contributed by atoms with Crippen molar-refractivity contribution in [3.05, 3.63) is 0 Å². The molecule has 0 heterocycles. The summed E-state index contributed by atoms with van der Waals surface area (Å²) in [6, 6.07) is 0. The molecule has 26 heavy (non-hydrogen) atoms. The van der Waals surface area contributed by atoms with Gasteiger partial charge in [-0.2, -0.15) is 0 Å². The number of hydrogen-bond acceptors (Lipinski definition) is 0. The maximum Gasteiger partial charge on any atom is -0.0386 e. The summed E-state index contributed by atoms with van der Waals surface area (Å²) in [6.45, 7) is 4.81. The minimum absolute atomic E-state index is 1.03. The van der Waals surface area contributed by atoms with Crippen molar-refractivity contribution >= 4 is 0 Å². The van der Waals surface area contributed by atoms with Crippen LogP contribution >= 0.6 is 0 Å². The molecule has 154 valence electrons. The van der Waals surface area contributed by atoms with Gasteiger partial charge in [0.15, 0.2) is 0 Å². The maximum absolute atomic E-state index is 2.44. The van der Waals surface area contributed by atoms with Crippen LogP contribution in [-0.4, -0.2) is 0 Å². The SMILES string of the molecule is CCCC1CCC(C2CCCCCCCCCCC(CC)CCC2)CC1. The molecule has 2 aliphatic rings. The van der Waals surface area contributed by atoms with Crippen molar-refractivity contribution in [1.29, 1.82) is 0 Å². The molecule has 2 unspecified atom stereocenters. The Labute approximate surface area is 166 Å². The highest BCUT2D eigenvalue weighted by molar-refractivity contribution is 4.78. The van der Waals surface area contributed by atoms with Crippen molar-refractivity contribution in [3.8, 4) is 0 Å². The summed E-state index contributed by atoms with van der Waals surface area (Å²) in [4.78, 5) is 0. The van der Waals surface area contributed by atoms with Crippen LogP contribution in [0.4, 0.5) is 0 Å². The van der Waals surface area contributed by atoms with E-state index in [0.29, 0.717) is 0 Å². The second-order valence-corrected chi connectivity index (χ2v) is 9.94. The van der Waals surface area contributed by atoms with Gasteiger partial charge in [-0.1, -0.05) is 129 Å². The van der Waals surface area contributed by atoms with Crippen molar-refractivity contribution < 1.29 is 0 Å². The van der Waals surface area contributed by atoms with Gasteiger partial charge < -0.3 is 0 Å². The van der Waals surface area contributed by atoms with E-state index in [1.54, 1.807) is 38.5 Å². The van der Waals surface area contributed by atoms with Gasteiger partial charge in [-0.15, -0.1) is 0 Å². The van der Waals surface area contributed by atoms with E-state index >= 15 is 0 Å². The molecule has 0 heteroatoms. The van der Waals surface area contributed by atoms with Gasteiger partial charge in [0.25, 0.3) is 0 Å². The average molecular weight is 363 g/mol. The highest BCUT2D eigenvalue weighted by Crippen LogP contribution is 2.39. The Hall–Kier alpha value is 0. The van der Waals surface area contributed by atoms with Crippen LogP contribution in [0, 0.1) is 23.7 Å². The summed E-state index contributed by atoms with van der Waals surface area (Å²) in [7, 11) is 0. The molecule has 0 amide bonds. The van der Waals surface area contributed by atoms with E-state index in [2.05, 4.69) is 13.8 Å². The Morgan fingerprint density at radius 1 is 0.462 bits per heavy atom. The van der Waals surface area contributed by atoms with Crippen LogP contribution in [0.3, 0.4) is 0 Å². The molecular weight excluding hydrogens is 312 g/mol. The highest BCUT2D eigenvalue weighted by Gasteiger charge is 2.27. The molecule has 2 rings (SSSR count). The minimum Gasteiger partial charge on any atom is -0.0654 e. The molecule has 0 aromatic heterocycles. The molecule has 0 spiro atoms. The molecular formula is C26H50. The lowest BCUT2D eigenvalue weighted by molar-refractivity contribution is 0.174. The third-order valence-electron chi connectivity index (χ3n) is 7.96. The summed E-state index contributed by atoms with van der Waals surface area (Å²) in [6.07, 6.45) is 30.3. The zero-order valence-electron chi connectivity index (χ0n) is 18.5. The first kappa shape index (κ1) is 22.3. The van der Waals surface area contributed by atoms with Crippen LogP contribution in [0.1, 0.15) is 142 Å². The average Bonchev–Trinajstić information content (AvgIpc) is 2.67. The summed E-state index contributed by atoms with van der Waals surface area (Å²) in [5.41, 5.74) is 0. The normalized spacial score (nSPS) is 33.9. The molecule has 0 N–H and O–H groups in total. The fraction of sp³-hybridized carbons (Fsp3) is 1.00. The third-order valence-corrected chi connectivity index (χ3v) is 7.96. The van der Waals surface area contributed by atoms with Crippen molar-refractivity contribution in [2.24, 2.45) is 23.7 Å². The Kier molecular flexibility index (Phi) is 12.1. The molecule has 0 nitrogen and oxygen atoms in total. The van der Waals surface area contributed by atoms with E-state index in [1.165, 1.54) is 89.9 Å². The number of hydrogen-bond donors (Lipinski definition) is 0. The van der Waals surface area contributed by atoms with Crippen molar-refractivity contribution in [2.75, 3.05) is 0 Å². The molecule has 0 saturated heterocycles. The van der Waals surface area contributed by atoms with Gasteiger partial charge in [0.1, 0.15) is 0 Å². The molecule has 0 aromatic rings. The van der Waals surface area contributed by atoms with Gasteiger partial charge in [-0.25, -0.2) is 0 Å². The van der Waals surface area contributed by atoms with Crippen LogP contribution < -0.4 is 0 Å². The Morgan fingerprint density at radius 3 is 1.58 bits per heavy atom. The predicted octanol–water partition coefficient (Wildman–Crippen LogP) is 9.32. The van der Waals surface area contributed by atoms with E-state index in [4.69, 9.17) is 0 Å². The lowest BCUT2D eigenvalue weighted by Crippen LogP contribution is -2.22. The first-order chi connectivity index (χ1) is 12.8. The zero-order chi connectivity index (χ0) is 18.5. The first-order valence-corrected chi connectivity index (χ1v) is 12.8. The van der Waals surface area contributed by atoms with E-state index in [1.807, 2.05) is 0 Å². The first-order valence-electron chi connectivity index (χ1n) is 12.8. The molecule has 0 bridgehead atoms. The topological polar surface area (TPSA) is 0 Å². The molecule has 0 aliphatic heterocycles. The summed E-state index contributed by atoms with van der Waals surface area (Å²) in [5, 5.41) is 0. The van der Waals surface area contributed by atoms with Crippen molar-refractivity contribution in [1.82, 2.24) is 0 Å². The van der Waals surface area contributed by atoms with Crippen LogP contribution in [0.15, 0.2) is 0 Å². The molecule has 2 aliphatic carbocycles. The Bertz CT molecular complexity index is 312. The smallest absolute Gasteiger partial charge is 0.0386 e. The Morgan fingerprint density at radius 2 is 0.962 bits per heavy atom. The van der Waals surface area contributed by atoms with E-state index in [-0.39, 0.29) is 0 Å². The monoisotopic (exact) mass is 362 g/mol. The lowest BCUT2D eigenvalue weighted by Gasteiger charge is -2.34. The van der Waals surface area contributed by atoms with E-state index < -0.39 is 0 Å². The fourth-order valence-corrected chi connectivity index (χ4v) is 6.09. The maximum atomic E-state index is 2.44. The van der Waals surface area contributed by atoms with Crippen LogP contribution in [-0.2, 0) is 0 Å². The fourth-order valence-electron chi connectivity index (χ4n) is 6.09. The zero-order valence-corrected chi connectivity index (χ0v) is 18.5. The summed E-state index contributed by atoms with van der Waals surface area (Å²) >= 11 is 0. The number of rotatable bonds is 4. The van der Waals surface area contributed by atoms with Gasteiger partial charge in [0.2, 0.25) is 0 Å². The van der Waals surface area contributed by atoms with Crippen LogP contribution in [0.2, 0.25) is 0 Å². The molecule has 0 aromatic carbocycles. The van der Waals surface area contributed by atoms with E-state index in [9.17, 15) is 0 Å². The summed E-state index contributed by atoms with van der Waals surface area (Å²) < 4.78 is 0. The minimum atomic E-state index is 1.03. The van der Waals surface area contributed by atoms with Gasteiger partial charge in [-0.3, -0.25) is 0 Å². The molecule has 2 saturated carbocycles. The second kappa shape index (κ2) is 14.1. The van der Waals surface area contributed by atoms with Crippen LogP contribution in [0.25, 0.3) is 0 Å². The molecule has 0 radical (unpaired) electrons. The second-order valence-electron chi connectivity index (χ2n) is 9.94. The van der Waals surface area contributed by atoms with E-state index in [0.717, 1.165) is 23.7 Å². The van der Waals surface area contributed by atoms with Gasteiger partial charge in [0, 0.05) is 0 Å². The lowest BCUT2D eigenvalue weighted by atomic mass is 9.71. The molecule has 2 fully saturated rings. The standard InChI is InChI=1S/C26H50/c1-3-14-24-19-21-26(22-20-24)25-17-12-10-8-6-5-7-9-11-15-23(4-2)16-13-18-25/h23-26H,3-22H2,1-2H3. The quantitative estimate of drug-likeness (QED) is 0.467. The van der Waals surface area contributed by atoms with Gasteiger partial charge in [-0.05, 0) is 36.5 Å².